The van der Waals surface area contributed by atoms with Gasteiger partial charge in [0.05, 0.1) is 32.9 Å². The van der Waals surface area contributed by atoms with Gasteiger partial charge in [0.15, 0.2) is 5.01 Å². The van der Waals surface area contributed by atoms with E-state index >= 15 is 0 Å². The van der Waals surface area contributed by atoms with Crippen molar-refractivity contribution in [1.29, 1.82) is 0 Å². The fourth-order valence-electron chi connectivity index (χ4n) is 4.05. The van der Waals surface area contributed by atoms with Crippen molar-refractivity contribution in [3.05, 3.63) is 52.3 Å². The van der Waals surface area contributed by atoms with Crippen molar-refractivity contribution in [3.8, 4) is 28.7 Å². The van der Waals surface area contributed by atoms with Crippen molar-refractivity contribution in [2.45, 2.75) is 25.7 Å². The molecule has 1 saturated heterocycles. The molecule has 1 aliphatic heterocycles. The maximum Gasteiger partial charge on any atom is 0.280 e. The molecule has 3 aromatic rings. The summed E-state index contributed by atoms with van der Waals surface area (Å²) in [7, 11) is 1.39. The van der Waals surface area contributed by atoms with Gasteiger partial charge in [-0.3, -0.25) is 19.9 Å². The summed E-state index contributed by atoms with van der Waals surface area (Å²) >= 11 is 1.15. The number of amides is 2. The lowest BCUT2D eigenvalue weighted by molar-refractivity contribution is -0.134. The highest BCUT2D eigenvalue weighted by atomic mass is 32.1. The lowest BCUT2D eigenvalue weighted by atomic mass is 9.95. The molecule has 12 heteroatoms. The van der Waals surface area contributed by atoms with Crippen LogP contribution in [0.3, 0.4) is 0 Å². The molecule has 39 heavy (non-hydrogen) atoms. The van der Waals surface area contributed by atoms with Crippen LogP contribution in [0.1, 0.15) is 45.9 Å². The molecule has 2 aromatic heterocycles. The van der Waals surface area contributed by atoms with E-state index in [9.17, 15) is 18.4 Å². The summed E-state index contributed by atoms with van der Waals surface area (Å²) < 4.78 is 37.8. The zero-order valence-electron chi connectivity index (χ0n) is 21.1. The first-order valence-electron chi connectivity index (χ1n) is 12.4. The number of ether oxygens (including phenoxy) is 2. The SMILES string of the molecule is COc1cnc(C(F)F)cc1-c1cc(CC(=O)N2CCOCC2)ccc1C(=O)Nc1nnc(C#CC2CC2)s1. The summed E-state index contributed by atoms with van der Waals surface area (Å²) in [4.78, 5) is 31.7. The zero-order chi connectivity index (χ0) is 27.4. The van der Waals surface area contributed by atoms with Gasteiger partial charge in [0.2, 0.25) is 11.0 Å². The van der Waals surface area contributed by atoms with Gasteiger partial charge in [-0.25, -0.2) is 8.78 Å². The summed E-state index contributed by atoms with van der Waals surface area (Å²) in [6, 6.07) is 6.07. The van der Waals surface area contributed by atoms with Gasteiger partial charge in [0, 0.05) is 30.1 Å². The fourth-order valence-corrected chi connectivity index (χ4v) is 4.65. The number of nitrogens with zero attached hydrogens (tertiary/aromatic N) is 4. The third-order valence-electron chi connectivity index (χ3n) is 6.28. The highest BCUT2D eigenvalue weighted by Crippen LogP contribution is 2.36. The Morgan fingerprint density at radius 1 is 1.21 bits per heavy atom. The van der Waals surface area contributed by atoms with E-state index in [-0.39, 0.29) is 34.3 Å². The number of alkyl halides is 2. The minimum Gasteiger partial charge on any atom is -0.494 e. The molecule has 0 bridgehead atoms. The highest BCUT2D eigenvalue weighted by Gasteiger charge is 2.23. The fraction of sp³-hybridized carbons (Fsp3) is 0.370. The molecule has 2 amide bonds. The molecule has 3 heterocycles. The normalized spacial score (nSPS) is 15.0. The van der Waals surface area contributed by atoms with Crippen LogP contribution in [0.2, 0.25) is 0 Å². The maximum atomic E-state index is 13.6. The zero-order valence-corrected chi connectivity index (χ0v) is 21.9. The van der Waals surface area contributed by atoms with Crippen LogP contribution in [0.15, 0.2) is 30.5 Å². The largest absolute Gasteiger partial charge is 0.494 e. The number of pyridine rings is 1. The number of halogens is 2. The Kier molecular flexibility index (Phi) is 8.09. The third-order valence-corrected chi connectivity index (χ3v) is 7.03. The lowest BCUT2D eigenvalue weighted by Gasteiger charge is -2.27. The second-order valence-electron chi connectivity index (χ2n) is 9.07. The van der Waals surface area contributed by atoms with Crippen molar-refractivity contribution in [1.82, 2.24) is 20.1 Å². The van der Waals surface area contributed by atoms with Gasteiger partial charge >= 0.3 is 0 Å². The predicted octanol–water partition coefficient (Wildman–Crippen LogP) is 3.96. The second-order valence-corrected chi connectivity index (χ2v) is 10.0. The van der Waals surface area contributed by atoms with Crippen LogP contribution in [0.5, 0.6) is 5.75 Å². The van der Waals surface area contributed by atoms with E-state index < -0.39 is 18.0 Å². The predicted molar refractivity (Wildman–Crippen MR) is 140 cm³/mol. The average Bonchev–Trinajstić information content (AvgIpc) is 3.69. The standard InChI is InChI=1S/C27H25F2N5O4S/c1-37-22-15-30-21(25(28)29)14-20(22)19-12-17(13-24(35)34-8-10-38-11-9-34)4-6-18(19)26(36)31-27-33-32-23(39-27)7-5-16-2-3-16/h4,6,12,14-16,25H,2-3,8-11,13H2,1H3,(H,31,33,36). The highest BCUT2D eigenvalue weighted by molar-refractivity contribution is 7.15. The molecule has 1 aliphatic carbocycles. The van der Waals surface area contributed by atoms with E-state index in [2.05, 4.69) is 32.3 Å². The molecule has 2 fully saturated rings. The van der Waals surface area contributed by atoms with Crippen molar-refractivity contribution in [2.75, 3.05) is 38.7 Å². The van der Waals surface area contributed by atoms with Crippen LogP contribution in [0.25, 0.3) is 11.1 Å². The summed E-state index contributed by atoms with van der Waals surface area (Å²) in [5, 5.41) is 11.5. The average molecular weight is 554 g/mol. The third kappa shape index (κ3) is 6.55. The van der Waals surface area contributed by atoms with Gasteiger partial charge < -0.3 is 14.4 Å². The Morgan fingerprint density at radius 2 is 2.00 bits per heavy atom. The van der Waals surface area contributed by atoms with Crippen molar-refractivity contribution in [3.63, 3.8) is 0 Å². The molecule has 9 nitrogen and oxygen atoms in total. The molecule has 0 radical (unpaired) electrons. The number of rotatable bonds is 7. The van der Waals surface area contributed by atoms with E-state index in [4.69, 9.17) is 9.47 Å². The van der Waals surface area contributed by atoms with Crippen LogP contribution in [-0.2, 0) is 16.0 Å². The minimum absolute atomic E-state index is 0.0728. The van der Waals surface area contributed by atoms with Gasteiger partial charge in [-0.1, -0.05) is 23.3 Å². The quantitative estimate of drug-likeness (QED) is 0.442. The number of morpholine rings is 1. The number of carbonyl (C=O) groups is 2. The van der Waals surface area contributed by atoms with Crippen LogP contribution < -0.4 is 10.1 Å². The van der Waals surface area contributed by atoms with E-state index in [0.29, 0.717) is 48.4 Å². The number of benzene rings is 1. The van der Waals surface area contributed by atoms with Crippen molar-refractivity contribution >= 4 is 28.3 Å². The van der Waals surface area contributed by atoms with E-state index in [0.717, 1.165) is 24.2 Å². The number of anilines is 1. The van der Waals surface area contributed by atoms with Gasteiger partial charge in [-0.05, 0) is 48.1 Å². The smallest absolute Gasteiger partial charge is 0.280 e. The molecule has 2 aliphatic rings. The minimum atomic E-state index is -2.82. The van der Waals surface area contributed by atoms with Crippen LogP contribution in [-0.4, -0.2) is 65.3 Å². The molecular formula is C27H25F2N5O4S. The first-order valence-corrected chi connectivity index (χ1v) is 13.2. The molecule has 5 rings (SSSR count). The maximum absolute atomic E-state index is 13.6. The summed E-state index contributed by atoms with van der Waals surface area (Å²) in [6.45, 7) is 1.94. The van der Waals surface area contributed by atoms with Crippen molar-refractivity contribution < 1.29 is 27.8 Å². The van der Waals surface area contributed by atoms with E-state index in [1.807, 2.05) is 0 Å². The second kappa shape index (κ2) is 11.8. The van der Waals surface area contributed by atoms with Crippen LogP contribution >= 0.6 is 11.3 Å². The number of hydrogen-bond acceptors (Lipinski definition) is 8. The first-order chi connectivity index (χ1) is 18.9. The number of nitrogens with one attached hydrogen (secondary N) is 1. The number of hydrogen-bond donors (Lipinski definition) is 1. The molecular weight excluding hydrogens is 528 g/mol. The number of methoxy groups -OCH3 is 1. The lowest BCUT2D eigenvalue weighted by Crippen LogP contribution is -2.41. The summed E-state index contributed by atoms with van der Waals surface area (Å²) in [6.07, 6.45) is 0.605. The molecule has 1 saturated carbocycles. The summed E-state index contributed by atoms with van der Waals surface area (Å²) in [5.41, 5.74) is 0.906. The van der Waals surface area contributed by atoms with Crippen LogP contribution in [0.4, 0.5) is 13.9 Å². The van der Waals surface area contributed by atoms with E-state index in [1.54, 1.807) is 23.1 Å². The number of aromatic nitrogens is 3. The molecule has 1 N–H and O–H groups in total. The van der Waals surface area contributed by atoms with Gasteiger partial charge in [-0.2, -0.15) is 0 Å². The Hall–Kier alpha value is -3.95. The molecule has 0 unspecified atom stereocenters. The Bertz CT molecular complexity index is 1440. The van der Waals surface area contributed by atoms with Gasteiger partial charge in [0.1, 0.15) is 11.4 Å². The topological polar surface area (TPSA) is 107 Å². The van der Waals surface area contributed by atoms with Crippen LogP contribution in [0, 0.1) is 17.8 Å². The Morgan fingerprint density at radius 3 is 2.72 bits per heavy atom. The number of carbonyl (C=O) groups excluding carboxylic acids is 2. The molecule has 202 valence electrons. The van der Waals surface area contributed by atoms with Gasteiger partial charge in [0.25, 0.3) is 12.3 Å². The first kappa shape index (κ1) is 26.6. The van der Waals surface area contributed by atoms with Crippen molar-refractivity contribution in [2.24, 2.45) is 5.92 Å². The van der Waals surface area contributed by atoms with E-state index in [1.165, 1.54) is 19.4 Å². The Balaban J connectivity index is 1.47. The molecule has 0 atom stereocenters. The molecule has 0 spiro atoms. The van der Waals surface area contributed by atoms with Gasteiger partial charge in [-0.15, -0.1) is 10.2 Å². The monoisotopic (exact) mass is 553 g/mol. The summed E-state index contributed by atoms with van der Waals surface area (Å²) in [5.74, 6) is 6.06. The Labute approximate surface area is 227 Å². The molecule has 1 aromatic carbocycles.